The molecule has 1 rings (SSSR count). The molecule has 3 nitrogen and oxygen atoms in total. The van der Waals surface area contributed by atoms with E-state index in [1.807, 2.05) is 6.92 Å². The van der Waals surface area contributed by atoms with Gasteiger partial charge in [-0.1, -0.05) is 13.3 Å². The van der Waals surface area contributed by atoms with Gasteiger partial charge in [-0.3, -0.25) is 0 Å². The molecule has 2 unspecified atom stereocenters. The molecule has 0 radical (unpaired) electrons. The highest BCUT2D eigenvalue weighted by Crippen LogP contribution is 2.35. The van der Waals surface area contributed by atoms with E-state index in [0.29, 0.717) is 24.4 Å². The van der Waals surface area contributed by atoms with Gasteiger partial charge < -0.3 is 9.84 Å². The van der Waals surface area contributed by atoms with Crippen molar-refractivity contribution in [2.75, 3.05) is 6.61 Å². The summed E-state index contributed by atoms with van der Waals surface area (Å²) >= 11 is 0.462. The lowest BCUT2D eigenvalue weighted by Gasteiger charge is -2.21. The molecule has 104 valence electrons. The van der Waals surface area contributed by atoms with Crippen LogP contribution >= 0.6 is 11.3 Å². The van der Waals surface area contributed by atoms with Crippen LogP contribution in [0.15, 0.2) is 6.20 Å². The number of halogens is 3. The normalized spacial score (nSPS) is 15.7. The first-order valence-corrected chi connectivity index (χ1v) is 6.54. The lowest BCUT2D eigenvalue weighted by atomic mass is 10.1. The van der Waals surface area contributed by atoms with Crippen molar-refractivity contribution in [3.63, 3.8) is 0 Å². The number of nitrogens with zero attached hydrogens (tertiary/aromatic N) is 1. The molecule has 18 heavy (non-hydrogen) atoms. The van der Waals surface area contributed by atoms with E-state index in [9.17, 15) is 18.3 Å². The van der Waals surface area contributed by atoms with Gasteiger partial charge in [0.1, 0.15) is 6.10 Å². The first-order chi connectivity index (χ1) is 8.40. The minimum Gasteiger partial charge on any atom is -0.385 e. The number of thiazole rings is 1. The Labute approximate surface area is 108 Å². The standard InChI is InChI=1S/C11H16F3NO2S/c1-3-5-7(17-4-2)9(16)8-6-15-10(18-8)11(12,13)14/h6-7,9,16H,3-5H2,1-2H3. The third-order valence-corrected chi connectivity index (χ3v) is 3.48. The number of aliphatic hydroxyl groups is 1. The van der Waals surface area contributed by atoms with E-state index in [-0.39, 0.29) is 4.88 Å². The summed E-state index contributed by atoms with van der Waals surface area (Å²) in [5.41, 5.74) is 0. The van der Waals surface area contributed by atoms with Crippen molar-refractivity contribution in [1.82, 2.24) is 4.98 Å². The van der Waals surface area contributed by atoms with Crippen molar-refractivity contribution in [2.45, 2.75) is 45.1 Å². The van der Waals surface area contributed by atoms with E-state index >= 15 is 0 Å². The zero-order valence-electron chi connectivity index (χ0n) is 10.2. The minimum absolute atomic E-state index is 0.189. The van der Waals surface area contributed by atoms with Crippen LogP contribution in [0.3, 0.4) is 0 Å². The second kappa shape index (κ2) is 6.49. The van der Waals surface area contributed by atoms with Crippen LogP contribution in [-0.4, -0.2) is 22.8 Å². The van der Waals surface area contributed by atoms with Crippen LogP contribution < -0.4 is 0 Å². The minimum atomic E-state index is -4.46. The van der Waals surface area contributed by atoms with Gasteiger partial charge in [0.25, 0.3) is 0 Å². The Morgan fingerprint density at radius 2 is 2.11 bits per heavy atom. The fraction of sp³-hybridized carbons (Fsp3) is 0.727. The summed E-state index contributed by atoms with van der Waals surface area (Å²) in [4.78, 5) is 3.48. The molecule has 0 aliphatic carbocycles. The topological polar surface area (TPSA) is 42.4 Å². The van der Waals surface area contributed by atoms with E-state index in [1.165, 1.54) is 0 Å². The third-order valence-electron chi connectivity index (χ3n) is 2.36. The quantitative estimate of drug-likeness (QED) is 0.870. The maximum atomic E-state index is 12.4. The van der Waals surface area contributed by atoms with Gasteiger partial charge in [-0.2, -0.15) is 13.2 Å². The van der Waals surface area contributed by atoms with Crippen molar-refractivity contribution in [2.24, 2.45) is 0 Å². The molecule has 0 saturated heterocycles. The molecule has 1 aromatic heterocycles. The molecule has 0 aliphatic heterocycles. The first-order valence-electron chi connectivity index (χ1n) is 5.72. The summed E-state index contributed by atoms with van der Waals surface area (Å²) in [6.45, 7) is 4.11. The van der Waals surface area contributed by atoms with Crippen molar-refractivity contribution in [1.29, 1.82) is 0 Å². The van der Waals surface area contributed by atoms with Gasteiger partial charge in [0.05, 0.1) is 11.0 Å². The van der Waals surface area contributed by atoms with Gasteiger partial charge in [0.2, 0.25) is 0 Å². The van der Waals surface area contributed by atoms with E-state index in [0.717, 1.165) is 12.6 Å². The largest absolute Gasteiger partial charge is 0.443 e. The number of aliphatic hydroxyl groups excluding tert-OH is 1. The molecule has 1 N–H and O–H groups in total. The Hall–Kier alpha value is -0.660. The maximum absolute atomic E-state index is 12.4. The molecule has 2 atom stereocenters. The predicted octanol–water partition coefficient (Wildman–Crippen LogP) is 3.40. The van der Waals surface area contributed by atoms with Crippen LogP contribution in [0, 0.1) is 0 Å². The zero-order chi connectivity index (χ0) is 13.8. The summed E-state index contributed by atoms with van der Waals surface area (Å²) in [7, 11) is 0. The predicted molar refractivity (Wildman–Crippen MR) is 62.4 cm³/mol. The summed E-state index contributed by atoms with van der Waals surface area (Å²) < 4.78 is 42.5. The number of hydrogen-bond acceptors (Lipinski definition) is 4. The van der Waals surface area contributed by atoms with Gasteiger partial charge in [-0.05, 0) is 13.3 Å². The Bertz CT molecular complexity index is 361. The van der Waals surface area contributed by atoms with E-state index < -0.39 is 23.4 Å². The highest BCUT2D eigenvalue weighted by atomic mass is 32.1. The number of rotatable bonds is 6. The van der Waals surface area contributed by atoms with Crippen molar-refractivity contribution >= 4 is 11.3 Å². The summed E-state index contributed by atoms with van der Waals surface area (Å²) in [6.07, 6.45) is -3.56. The number of aromatic nitrogens is 1. The molecule has 0 bridgehead atoms. The molecule has 1 heterocycles. The van der Waals surface area contributed by atoms with Gasteiger partial charge in [-0.25, -0.2) is 4.98 Å². The molecular weight excluding hydrogens is 267 g/mol. The van der Waals surface area contributed by atoms with E-state index in [1.54, 1.807) is 6.92 Å². The molecule has 0 fully saturated rings. The molecule has 7 heteroatoms. The summed E-state index contributed by atoms with van der Waals surface area (Å²) in [5, 5.41) is 9.06. The highest BCUT2D eigenvalue weighted by molar-refractivity contribution is 7.11. The maximum Gasteiger partial charge on any atom is 0.443 e. The first kappa shape index (κ1) is 15.4. The molecule has 0 aliphatic rings. The molecular formula is C11H16F3NO2S. The molecule has 0 aromatic carbocycles. The van der Waals surface area contributed by atoms with Crippen LogP contribution in [0.5, 0.6) is 0 Å². The van der Waals surface area contributed by atoms with E-state index in [4.69, 9.17) is 4.74 Å². The lowest BCUT2D eigenvalue weighted by molar-refractivity contribution is -0.137. The average molecular weight is 283 g/mol. The summed E-state index contributed by atoms with van der Waals surface area (Å²) in [5.74, 6) is 0. The monoisotopic (exact) mass is 283 g/mol. The van der Waals surface area contributed by atoms with Gasteiger partial charge >= 0.3 is 6.18 Å². The Kier molecular flexibility index (Phi) is 5.55. The van der Waals surface area contributed by atoms with Crippen LogP contribution in [0.25, 0.3) is 0 Å². The number of alkyl halides is 3. The van der Waals surface area contributed by atoms with Crippen molar-refractivity contribution in [3.8, 4) is 0 Å². The fourth-order valence-electron chi connectivity index (χ4n) is 1.57. The molecule has 0 spiro atoms. The molecule has 1 aromatic rings. The number of hydrogen-bond donors (Lipinski definition) is 1. The fourth-order valence-corrected chi connectivity index (χ4v) is 2.39. The molecule has 0 amide bonds. The van der Waals surface area contributed by atoms with Gasteiger partial charge in [-0.15, -0.1) is 11.3 Å². The second-order valence-electron chi connectivity index (χ2n) is 3.79. The van der Waals surface area contributed by atoms with Crippen LogP contribution in [0.2, 0.25) is 0 Å². The highest BCUT2D eigenvalue weighted by Gasteiger charge is 2.36. The Morgan fingerprint density at radius 1 is 1.44 bits per heavy atom. The second-order valence-corrected chi connectivity index (χ2v) is 4.86. The van der Waals surface area contributed by atoms with Crippen LogP contribution in [0.1, 0.15) is 42.7 Å². The Balaban J connectivity index is 2.81. The third kappa shape index (κ3) is 3.93. The average Bonchev–Trinajstić information content (AvgIpc) is 2.76. The van der Waals surface area contributed by atoms with Crippen LogP contribution in [-0.2, 0) is 10.9 Å². The summed E-state index contributed by atoms with van der Waals surface area (Å²) in [6, 6.07) is 0. The lowest BCUT2D eigenvalue weighted by Crippen LogP contribution is -2.21. The van der Waals surface area contributed by atoms with Crippen LogP contribution in [0.4, 0.5) is 13.2 Å². The van der Waals surface area contributed by atoms with Gasteiger partial charge in [0, 0.05) is 12.8 Å². The SMILES string of the molecule is CCCC(OCC)C(O)c1cnc(C(F)(F)F)s1. The van der Waals surface area contributed by atoms with E-state index in [2.05, 4.69) is 4.98 Å². The Morgan fingerprint density at radius 3 is 2.56 bits per heavy atom. The smallest absolute Gasteiger partial charge is 0.385 e. The van der Waals surface area contributed by atoms with Gasteiger partial charge in [0.15, 0.2) is 5.01 Å². The zero-order valence-corrected chi connectivity index (χ0v) is 11.0. The van der Waals surface area contributed by atoms with Crippen molar-refractivity contribution in [3.05, 3.63) is 16.1 Å². The van der Waals surface area contributed by atoms with Crippen molar-refractivity contribution < 1.29 is 23.0 Å². The number of ether oxygens (including phenoxy) is 1. The molecule has 0 saturated carbocycles.